The molecular weight excluding hydrogens is 260 g/mol. The molecule has 0 saturated carbocycles. The van der Waals surface area contributed by atoms with Crippen molar-refractivity contribution in [3.05, 3.63) is 12.3 Å². The minimum atomic E-state index is 0.109. The van der Waals surface area contributed by atoms with Crippen molar-refractivity contribution in [3.8, 4) is 0 Å². The molecule has 0 aliphatic carbocycles. The van der Waals surface area contributed by atoms with Crippen LogP contribution in [0.1, 0.15) is 59.8 Å². The minimum Gasteiger partial charge on any atom is -0.378 e. The van der Waals surface area contributed by atoms with Gasteiger partial charge in [0.1, 0.15) is 0 Å². The van der Waals surface area contributed by atoms with Gasteiger partial charge in [0, 0.05) is 38.2 Å². The Morgan fingerprint density at radius 1 is 1.29 bits per heavy atom. The van der Waals surface area contributed by atoms with Gasteiger partial charge in [0.2, 0.25) is 5.91 Å². The number of rotatable bonds is 0. The van der Waals surface area contributed by atoms with Gasteiger partial charge in [0.05, 0.1) is 0 Å². The Hall–Kier alpha value is -0.990. The smallest absolute Gasteiger partial charge is 0.222 e. The van der Waals surface area contributed by atoms with Crippen LogP contribution >= 0.6 is 0 Å². The lowest BCUT2D eigenvalue weighted by molar-refractivity contribution is -0.124. The molecule has 3 heteroatoms. The largest absolute Gasteiger partial charge is 0.378 e. The summed E-state index contributed by atoms with van der Waals surface area (Å²) in [6, 6.07) is 0. The molecule has 1 aliphatic rings. The van der Waals surface area contributed by atoms with E-state index in [1.165, 1.54) is 12.8 Å². The van der Waals surface area contributed by atoms with Crippen molar-refractivity contribution in [1.82, 2.24) is 10.2 Å². The molecular formula is C18H34N2O. The summed E-state index contributed by atoms with van der Waals surface area (Å²) in [5, 5.41) is 3.05. The van der Waals surface area contributed by atoms with E-state index in [-0.39, 0.29) is 11.8 Å². The van der Waals surface area contributed by atoms with Crippen LogP contribution in [0.15, 0.2) is 12.3 Å². The van der Waals surface area contributed by atoms with Gasteiger partial charge >= 0.3 is 0 Å². The first kappa shape index (κ1) is 18.1. The van der Waals surface area contributed by atoms with E-state index in [2.05, 4.69) is 44.6 Å². The van der Waals surface area contributed by atoms with Crippen molar-refractivity contribution in [2.75, 3.05) is 20.1 Å². The summed E-state index contributed by atoms with van der Waals surface area (Å²) in [5.41, 5.74) is 1.45. The quantitative estimate of drug-likeness (QED) is 0.737. The van der Waals surface area contributed by atoms with E-state index < -0.39 is 0 Å². The molecule has 2 atom stereocenters. The molecule has 21 heavy (non-hydrogen) atoms. The molecule has 1 rings (SSSR count). The van der Waals surface area contributed by atoms with E-state index in [1.807, 2.05) is 6.92 Å². The van der Waals surface area contributed by atoms with Gasteiger partial charge in [0.15, 0.2) is 0 Å². The molecule has 0 bridgehead atoms. The Labute approximate surface area is 131 Å². The topological polar surface area (TPSA) is 32.3 Å². The molecule has 1 heterocycles. The van der Waals surface area contributed by atoms with Gasteiger partial charge in [0.25, 0.3) is 0 Å². The Morgan fingerprint density at radius 3 is 2.62 bits per heavy atom. The van der Waals surface area contributed by atoms with E-state index in [0.717, 1.165) is 31.5 Å². The van der Waals surface area contributed by atoms with Gasteiger partial charge in [-0.05, 0) is 37.0 Å². The number of hydrogen-bond donors (Lipinski definition) is 1. The lowest BCUT2D eigenvalue weighted by Gasteiger charge is -2.34. The molecule has 1 amide bonds. The summed E-state index contributed by atoms with van der Waals surface area (Å²) in [6.45, 7) is 15.0. The highest BCUT2D eigenvalue weighted by molar-refractivity contribution is 5.78. The molecule has 122 valence electrons. The van der Waals surface area contributed by atoms with Crippen LogP contribution in [0.3, 0.4) is 0 Å². The average Bonchev–Trinajstić information content (AvgIpc) is 2.42. The van der Waals surface area contributed by atoms with E-state index in [0.29, 0.717) is 17.9 Å². The Balaban J connectivity index is 2.72. The van der Waals surface area contributed by atoms with E-state index >= 15 is 0 Å². The number of amides is 1. The Bertz CT molecular complexity index is 362. The Morgan fingerprint density at radius 2 is 1.95 bits per heavy atom. The van der Waals surface area contributed by atoms with Gasteiger partial charge in [-0.25, -0.2) is 0 Å². The van der Waals surface area contributed by atoms with Crippen LogP contribution in [-0.2, 0) is 4.79 Å². The summed E-state index contributed by atoms with van der Waals surface area (Å²) < 4.78 is 0. The highest BCUT2D eigenvalue weighted by Gasteiger charge is 2.26. The van der Waals surface area contributed by atoms with E-state index in [1.54, 1.807) is 0 Å². The van der Waals surface area contributed by atoms with Crippen molar-refractivity contribution in [2.45, 2.75) is 59.8 Å². The molecule has 1 fully saturated rings. The SMILES string of the molecule is C=C1CCNC(=O)C(C)CCC(C)C(C)(C)CCCN1C. The normalized spacial score (nSPS) is 29.7. The monoisotopic (exact) mass is 294 g/mol. The van der Waals surface area contributed by atoms with Crippen molar-refractivity contribution in [3.63, 3.8) is 0 Å². The second-order valence-corrected chi connectivity index (χ2v) is 7.50. The zero-order valence-electron chi connectivity index (χ0n) is 14.7. The lowest BCUT2D eigenvalue weighted by Crippen LogP contribution is -2.33. The van der Waals surface area contributed by atoms with Crippen LogP contribution in [0.4, 0.5) is 0 Å². The maximum atomic E-state index is 12.1. The lowest BCUT2D eigenvalue weighted by atomic mass is 9.73. The van der Waals surface area contributed by atoms with Crippen LogP contribution in [0, 0.1) is 17.3 Å². The molecule has 3 nitrogen and oxygen atoms in total. The van der Waals surface area contributed by atoms with Crippen LogP contribution in [0.25, 0.3) is 0 Å². The fraction of sp³-hybridized carbons (Fsp3) is 0.833. The third kappa shape index (κ3) is 5.72. The van der Waals surface area contributed by atoms with Crippen LogP contribution in [0.2, 0.25) is 0 Å². The number of carbonyl (C=O) groups is 1. The molecule has 2 unspecified atom stereocenters. The van der Waals surface area contributed by atoms with Crippen molar-refractivity contribution in [2.24, 2.45) is 17.3 Å². The molecule has 0 aromatic rings. The first-order valence-corrected chi connectivity index (χ1v) is 8.40. The predicted molar refractivity (Wildman–Crippen MR) is 90.0 cm³/mol. The van der Waals surface area contributed by atoms with Gasteiger partial charge < -0.3 is 10.2 Å². The number of hydrogen-bond acceptors (Lipinski definition) is 2. The fourth-order valence-corrected chi connectivity index (χ4v) is 2.89. The van der Waals surface area contributed by atoms with Gasteiger partial charge in [-0.1, -0.05) is 34.3 Å². The average molecular weight is 294 g/mol. The predicted octanol–water partition coefficient (Wildman–Crippen LogP) is 3.81. The minimum absolute atomic E-state index is 0.109. The summed E-state index contributed by atoms with van der Waals surface area (Å²) in [7, 11) is 2.11. The molecule has 1 N–H and O–H groups in total. The van der Waals surface area contributed by atoms with E-state index in [9.17, 15) is 4.79 Å². The highest BCUT2D eigenvalue weighted by atomic mass is 16.1. The van der Waals surface area contributed by atoms with Crippen LogP contribution < -0.4 is 5.32 Å². The van der Waals surface area contributed by atoms with Gasteiger partial charge in [-0.2, -0.15) is 0 Å². The van der Waals surface area contributed by atoms with Crippen molar-refractivity contribution >= 4 is 5.91 Å². The molecule has 0 radical (unpaired) electrons. The molecule has 0 spiro atoms. The third-order valence-corrected chi connectivity index (χ3v) is 5.38. The van der Waals surface area contributed by atoms with Gasteiger partial charge in [-0.15, -0.1) is 0 Å². The zero-order chi connectivity index (χ0) is 16.0. The molecule has 0 aromatic heterocycles. The number of nitrogens with one attached hydrogen (secondary N) is 1. The maximum absolute atomic E-state index is 12.1. The highest BCUT2D eigenvalue weighted by Crippen LogP contribution is 2.35. The second kappa shape index (κ2) is 7.86. The number of nitrogens with zero attached hydrogens (tertiary/aromatic N) is 1. The molecule has 1 saturated heterocycles. The Kier molecular flexibility index (Phi) is 6.76. The van der Waals surface area contributed by atoms with Crippen LogP contribution in [0.5, 0.6) is 0 Å². The fourth-order valence-electron chi connectivity index (χ4n) is 2.89. The zero-order valence-corrected chi connectivity index (χ0v) is 14.7. The molecule has 0 aromatic carbocycles. The van der Waals surface area contributed by atoms with E-state index in [4.69, 9.17) is 0 Å². The molecule has 1 aliphatic heterocycles. The first-order valence-electron chi connectivity index (χ1n) is 8.40. The third-order valence-electron chi connectivity index (χ3n) is 5.38. The number of carbonyl (C=O) groups excluding carboxylic acids is 1. The summed E-state index contributed by atoms with van der Waals surface area (Å²) in [6.07, 6.45) is 5.39. The van der Waals surface area contributed by atoms with Crippen molar-refractivity contribution < 1.29 is 4.79 Å². The van der Waals surface area contributed by atoms with Gasteiger partial charge in [-0.3, -0.25) is 4.79 Å². The summed E-state index contributed by atoms with van der Waals surface area (Å²) in [4.78, 5) is 14.3. The summed E-state index contributed by atoms with van der Waals surface area (Å²) >= 11 is 0. The standard InChI is InChI=1S/C18H34N2O/c1-14-8-9-15(2)18(4,5)11-7-13-20(6)16(3)10-12-19-17(14)21/h14-15H,3,7-13H2,1-2,4-6H3,(H,19,21). The second-order valence-electron chi connectivity index (χ2n) is 7.50. The first-order chi connectivity index (χ1) is 9.74. The van der Waals surface area contributed by atoms with Crippen molar-refractivity contribution in [1.29, 1.82) is 0 Å². The maximum Gasteiger partial charge on any atom is 0.222 e. The summed E-state index contributed by atoms with van der Waals surface area (Å²) in [5.74, 6) is 0.939. The van der Waals surface area contributed by atoms with Crippen LogP contribution in [-0.4, -0.2) is 30.9 Å².